The minimum Gasteiger partial charge on any atom is -0.334 e. The molecule has 0 saturated heterocycles. The summed E-state index contributed by atoms with van der Waals surface area (Å²) >= 11 is 6.32. The van der Waals surface area contributed by atoms with Crippen molar-refractivity contribution in [3.8, 4) is 0 Å². The SMILES string of the molecule is O=C(c1ccccc1Cl)N(CCc1ccccn1)Cc1ccc(C=Cc2ccccc2)cc1. The van der Waals surface area contributed by atoms with E-state index in [-0.39, 0.29) is 5.91 Å². The van der Waals surface area contributed by atoms with Crippen molar-refractivity contribution >= 4 is 29.7 Å². The van der Waals surface area contributed by atoms with Crippen LogP contribution in [0, 0.1) is 0 Å². The molecule has 3 nitrogen and oxygen atoms in total. The Kier molecular flexibility index (Phi) is 7.68. The average Bonchev–Trinajstić information content (AvgIpc) is 2.87. The van der Waals surface area contributed by atoms with Crippen molar-refractivity contribution in [2.45, 2.75) is 13.0 Å². The minimum atomic E-state index is -0.0791. The van der Waals surface area contributed by atoms with Crippen molar-refractivity contribution in [2.24, 2.45) is 0 Å². The van der Waals surface area contributed by atoms with Gasteiger partial charge in [0.1, 0.15) is 0 Å². The molecule has 4 rings (SSSR count). The van der Waals surface area contributed by atoms with E-state index >= 15 is 0 Å². The van der Waals surface area contributed by atoms with Gasteiger partial charge in [0.2, 0.25) is 0 Å². The highest BCUT2D eigenvalue weighted by atomic mass is 35.5. The van der Waals surface area contributed by atoms with Gasteiger partial charge in [0.25, 0.3) is 5.91 Å². The summed E-state index contributed by atoms with van der Waals surface area (Å²) in [6.45, 7) is 1.05. The summed E-state index contributed by atoms with van der Waals surface area (Å²) in [5, 5.41) is 0.465. The molecule has 0 atom stereocenters. The van der Waals surface area contributed by atoms with E-state index in [2.05, 4.69) is 53.5 Å². The van der Waals surface area contributed by atoms with Gasteiger partial charge >= 0.3 is 0 Å². The molecule has 0 fully saturated rings. The minimum absolute atomic E-state index is 0.0791. The smallest absolute Gasteiger partial charge is 0.255 e. The van der Waals surface area contributed by atoms with E-state index in [9.17, 15) is 4.79 Å². The zero-order valence-corrected chi connectivity index (χ0v) is 19.0. The Morgan fingerprint density at radius 1 is 0.788 bits per heavy atom. The van der Waals surface area contributed by atoms with Gasteiger partial charge in [-0.15, -0.1) is 0 Å². The van der Waals surface area contributed by atoms with Gasteiger partial charge in [-0.05, 0) is 41.0 Å². The summed E-state index contributed by atoms with van der Waals surface area (Å²) in [6.07, 6.45) is 6.63. The van der Waals surface area contributed by atoms with Crippen LogP contribution in [-0.2, 0) is 13.0 Å². The van der Waals surface area contributed by atoms with Crippen LogP contribution in [0.2, 0.25) is 5.02 Å². The molecule has 1 amide bonds. The van der Waals surface area contributed by atoms with Gasteiger partial charge in [0.05, 0.1) is 10.6 Å². The Morgan fingerprint density at radius 2 is 1.45 bits per heavy atom. The first-order chi connectivity index (χ1) is 16.2. The number of rotatable bonds is 8. The molecule has 0 bridgehead atoms. The molecule has 164 valence electrons. The van der Waals surface area contributed by atoms with Crippen molar-refractivity contribution in [3.63, 3.8) is 0 Å². The van der Waals surface area contributed by atoms with Crippen LogP contribution in [-0.4, -0.2) is 22.3 Å². The summed E-state index contributed by atoms with van der Waals surface area (Å²) in [5.74, 6) is -0.0791. The normalized spacial score (nSPS) is 10.9. The van der Waals surface area contributed by atoms with E-state index in [4.69, 9.17) is 11.6 Å². The molecule has 0 spiro atoms. The highest BCUT2D eigenvalue weighted by molar-refractivity contribution is 6.33. The molecule has 0 N–H and O–H groups in total. The van der Waals surface area contributed by atoms with Gasteiger partial charge in [-0.2, -0.15) is 0 Å². The molecule has 0 saturated carbocycles. The number of carbonyl (C=O) groups is 1. The number of hydrogen-bond acceptors (Lipinski definition) is 2. The Hall–Kier alpha value is -3.69. The third kappa shape index (κ3) is 6.41. The summed E-state index contributed by atoms with van der Waals surface area (Å²) < 4.78 is 0. The number of amides is 1. The fraction of sp³-hybridized carbons (Fsp3) is 0.103. The van der Waals surface area contributed by atoms with Crippen molar-refractivity contribution in [2.75, 3.05) is 6.54 Å². The summed E-state index contributed by atoms with van der Waals surface area (Å²) in [7, 11) is 0. The second-order valence-electron chi connectivity index (χ2n) is 7.76. The molecule has 3 aromatic carbocycles. The quantitative estimate of drug-likeness (QED) is 0.276. The predicted molar refractivity (Wildman–Crippen MR) is 136 cm³/mol. The van der Waals surface area contributed by atoms with Gasteiger partial charge in [0, 0.05) is 31.4 Å². The number of hydrogen-bond donors (Lipinski definition) is 0. The van der Waals surface area contributed by atoms with Crippen LogP contribution in [0.4, 0.5) is 0 Å². The largest absolute Gasteiger partial charge is 0.334 e. The number of aromatic nitrogens is 1. The molecule has 0 radical (unpaired) electrons. The Morgan fingerprint density at radius 3 is 2.15 bits per heavy atom. The molecule has 1 heterocycles. The predicted octanol–water partition coefficient (Wildman–Crippen LogP) is 6.79. The summed E-state index contributed by atoms with van der Waals surface area (Å²) in [4.78, 5) is 19.6. The molecule has 1 aromatic heterocycles. The van der Waals surface area contributed by atoms with Crippen LogP contribution < -0.4 is 0 Å². The van der Waals surface area contributed by atoms with E-state index in [1.165, 1.54) is 0 Å². The Labute approximate surface area is 200 Å². The van der Waals surface area contributed by atoms with E-state index in [0.717, 1.165) is 22.4 Å². The first-order valence-electron chi connectivity index (χ1n) is 10.9. The molecular weight excluding hydrogens is 428 g/mol. The van der Waals surface area contributed by atoms with E-state index in [1.54, 1.807) is 18.3 Å². The highest BCUT2D eigenvalue weighted by Crippen LogP contribution is 2.19. The van der Waals surface area contributed by atoms with E-state index in [0.29, 0.717) is 30.1 Å². The number of nitrogens with zero attached hydrogens (tertiary/aromatic N) is 2. The first kappa shape index (κ1) is 22.5. The summed E-state index contributed by atoms with van der Waals surface area (Å²) in [6, 6.07) is 31.5. The third-order valence-electron chi connectivity index (χ3n) is 5.38. The molecule has 4 aromatic rings. The maximum Gasteiger partial charge on any atom is 0.255 e. The van der Waals surface area contributed by atoms with Gasteiger partial charge in [-0.1, -0.05) is 96.5 Å². The lowest BCUT2D eigenvalue weighted by molar-refractivity contribution is 0.0745. The van der Waals surface area contributed by atoms with Crippen LogP contribution in [0.5, 0.6) is 0 Å². The second-order valence-corrected chi connectivity index (χ2v) is 8.17. The number of carbonyl (C=O) groups excluding carboxylic acids is 1. The zero-order valence-electron chi connectivity index (χ0n) is 18.3. The second kappa shape index (κ2) is 11.3. The maximum absolute atomic E-state index is 13.3. The van der Waals surface area contributed by atoms with Crippen molar-refractivity contribution < 1.29 is 4.79 Å². The molecule has 0 aliphatic heterocycles. The van der Waals surface area contributed by atoms with Gasteiger partial charge < -0.3 is 4.90 Å². The molecule has 4 heteroatoms. The standard InChI is InChI=1S/C29H25ClN2O/c30-28-12-5-4-11-27(28)29(33)32(21-19-26-10-6-7-20-31-26)22-25-17-15-24(16-18-25)14-13-23-8-2-1-3-9-23/h1-18,20H,19,21-22H2. The molecule has 0 unspecified atom stereocenters. The Bertz CT molecular complexity index is 1210. The van der Waals surface area contributed by atoms with E-state index < -0.39 is 0 Å². The molecular formula is C29H25ClN2O. The van der Waals surface area contributed by atoms with Crippen LogP contribution in [0.1, 0.15) is 32.7 Å². The average molecular weight is 453 g/mol. The molecule has 33 heavy (non-hydrogen) atoms. The fourth-order valence-electron chi connectivity index (χ4n) is 3.56. The molecule has 0 aliphatic rings. The lowest BCUT2D eigenvalue weighted by Gasteiger charge is -2.23. The van der Waals surface area contributed by atoms with Crippen LogP contribution in [0.25, 0.3) is 12.2 Å². The van der Waals surface area contributed by atoms with Crippen molar-refractivity contribution in [1.29, 1.82) is 0 Å². The van der Waals surface area contributed by atoms with Crippen molar-refractivity contribution in [3.05, 3.63) is 136 Å². The lowest BCUT2D eigenvalue weighted by atomic mass is 10.1. The van der Waals surface area contributed by atoms with Gasteiger partial charge in [-0.3, -0.25) is 9.78 Å². The lowest BCUT2D eigenvalue weighted by Crippen LogP contribution is -2.32. The maximum atomic E-state index is 13.3. The number of pyridine rings is 1. The monoisotopic (exact) mass is 452 g/mol. The van der Waals surface area contributed by atoms with Gasteiger partial charge in [-0.25, -0.2) is 0 Å². The van der Waals surface area contributed by atoms with Crippen LogP contribution >= 0.6 is 11.6 Å². The first-order valence-corrected chi connectivity index (χ1v) is 11.3. The van der Waals surface area contributed by atoms with Crippen LogP contribution in [0.3, 0.4) is 0 Å². The van der Waals surface area contributed by atoms with E-state index in [1.807, 2.05) is 53.4 Å². The topological polar surface area (TPSA) is 33.2 Å². The third-order valence-corrected chi connectivity index (χ3v) is 5.71. The summed E-state index contributed by atoms with van der Waals surface area (Å²) in [5.41, 5.74) is 4.81. The zero-order chi connectivity index (χ0) is 22.9. The Balaban J connectivity index is 1.49. The number of benzene rings is 3. The van der Waals surface area contributed by atoms with Gasteiger partial charge in [0.15, 0.2) is 0 Å². The fourth-order valence-corrected chi connectivity index (χ4v) is 3.78. The van der Waals surface area contributed by atoms with Crippen LogP contribution in [0.15, 0.2) is 103 Å². The highest BCUT2D eigenvalue weighted by Gasteiger charge is 2.18. The molecule has 0 aliphatic carbocycles. The van der Waals surface area contributed by atoms with Crippen molar-refractivity contribution in [1.82, 2.24) is 9.88 Å². The number of halogens is 1.